The lowest BCUT2D eigenvalue weighted by Crippen LogP contribution is -2.34. The first kappa shape index (κ1) is 23.3. The maximum absolute atomic E-state index is 14.6. The van der Waals surface area contributed by atoms with E-state index >= 15 is 0 Å². The van der Waals surface area contributed by atoms with Crippen molar-refractivity contribution in [3.05, 3.63) is 58.8 Å². The van der Waals surface area contributed by atoms with Crippen LogP contribution in [-0.4, -0.2) is 49.9 Å². The summed E-state index contributed by atoms with van der Waals surface area (Å²) in [5, 5.41) is 2.85. The van der Waals surface area contributed by atoms with Crippen molar-refractivity contribution in [2.75, 3.05) is 27.9 Å². The molecule has 1 aliphatic rings. The lowest BCUT2D eigenvalue weighted by molar-refractivity contribution is 0.0930. The highest BCUT2D eigenvalue weighted by atomic mass is 19.1. The molecule has 1 aromatic heterocycles. The molecule has 2 heterocycles. The molecule has 0 spiro atoms. The zero-order chi connectivity index (χ0) is 24.4. The van der Waals surface area contributed by atoms with Gasteiger partial charge in [-0.1, -0.05) is 0 Å². The Kier molecular flexibility index (Phi) is 6.54. The summed E-state index contributed by atoms with van der Waals surface area (Å²) >= 11 is 0. The van der Waals surface area contributed by atoms with Gasteiger partial charge in [0, 0.05) is 23.7 Å². The highest BCUT2D eigenvalue weighted by Crippen LogP contribution is 2.41. The fraction of sp³-hybridized carbons (Fsp3) is 0.320. The molecule has 34 heavy (non-hydrogen) atoms. The zero-order valence-electron chi connectivity index (χ0n) is 19.7. The van der Waals surface area contributed by atoms with E-state index in [0.717, 1.165) is 11.4 Å². The van der Waals surface area contributed by atoms with Crippen molar-refractivity contribution in [2.24, 2.45) is 0 Å². The molecule has 1 amide bonds. The van der Waals surface area contributed by atoms with Gasteiger partial charge in [0.2, 0.25) is 5.75 Å². The topological polar surface area (TPSA) is 91.8 Å². The van der Waals surface area contributed by atoms with Gasteiger partial charge >= 0.3 is 0 Å². The fourth-order valence-corrected chi connectivity index (χ4v) is 4.04. The number of carbonyl (C=O) groups is 1. The Labute approximate surface area is 197 Å². The molecular weight excluding hydrogens is 441 g/mol. The first-order valence-corrected chi connectivity index (χ1v) is 10.7. The number of nitrogens with zero attached hydrogens (tertiary/aromatic N) is 2. The summed E-state index contributed by atoms with van der Waals surface area (Å²) in [6, 6.07) is 6.29. The van der Waals surface area contributed by atoms with Crippen LogP contribution in [-0.2, 0) is 6.42 Å². The number of rotatable bonds is 7. The number of carbonyl (C=O) groups excluding carboxylic acids is 1. The average molecular weight is 467 g/mol. The number of benzene rings is 2. The lowest BCUT2D eigenvalue weighted by atomic mass is 10.0. The number of aryl methyl sites for hydroxylation is 2. The van der Waals surface area contributed by atoms with Crippen LogP contribution in [0.4, 0.5) is 4.39 Å². The third kappa shape index (κ3) is 4.21. The molecule has 0 aliphatic carbocycles. The molecule has 9 heteroatoms. The van der Waals surface area contributed by atoms with Crippen LogP contribution < -0.4 is 24.3 Å². The summed E-state index contributed by atoms with van der Waals surface area (Å²) in [4.78, 5) is 21.8. The van der Waals surface area contributed by atoms with Gasteiger partial charge in [0.25, 0.3) is 5.91 Å². The lowest BCUT2D eigenvalue weighted by Gasteiger charge is -2.17. The van der Waals surface area contributed by atoms with E-state index in [1.807, 2.05) is 13.8 Å². The number of amides is 1. The number of halogens is 1. The molecule has 2 aromatic carbocycles. The number of fused-ring (bicyclic) bond motifs is 1. The second kappa shape index (κ2) is 9.54. The van der Waals surface area contributed by atoms with E-state index < -0.39 is 6.10 Å². The third-order valence-electron chi connectivity index (χ3n) is 5.69. The molecule has 0 bridgehead atoms. The Hall–Kier alpha value is -3.88. The zero-order valence-corrected chi connectivity index (χ0v) is 19.7. The Morgan fingerprint density at radius 1 is 1.12 bits per heavy atom. The highest BCUT2D eigenvalue weighted by Gasteiger charge is 2.31. The van der Waals surface area contributed by atoms with Gasteiger partial charge in [0.05, 0.1) is 50.5 Å². The molecule has 8 nitrogen and oxygen atoms in total. The monoisotopic (exact) mass is 467 g/mol. The van der Waals surface area contributed by atoms with Crippen molar-refractivity contribution >= 4 is 5.91 Å². The number of methoxy groups -OCH3 is 3. The maximum Gasteiger partial charge on any atom is 0.255 e. The van der Waals surface area contributed by atoms with E-state index in [1.54, 1.807) is 24.4 Å². The number of hydrogen-bond acceptors (Lipinski definition) is 7. The normalized spacial score (nSPS) is 14.2. The van der Waals surface area contributed by atoms with Crippen LogP contribution in [0.25, 0.3) is 11.3 Å². The molecule has 0 unspecified atom stereocenters. The molecule has 0 fully saturated rings. The second-order valence-corrected chi connectivity index (χ2v) is 7.88. The minimum atomic E-state index is -0.446. The van der Waals surface area contributed by atoms with Gasteiger partial charge in [0.15, 0.2) is 11.5 Å². The largest absolute Gasteiger partial charge is 0.493 e. The number of ether oxygens (including phenoxy) is 4. The van der Waals surface area contributed by atoms with Crippen molar-refractivity contribution in [1.29, 1.82) is 0 Å². The highest BCUT2D eigenvalue weighted by molar-refractivity contribution is 5.98. The Morgan fingerprint density at radius 2 is 1.88 bits per heavy atom. The van der Waals surface area contributed by atoms with Crippen molar-refractivity contribution in [3.8, 4) is 34.3 Å². The standard InChI is InChI=1S/C25H26FN3O5/c1-13-11-27-14(2)21(29-13)16-6-8-19(26)18-10-15(34-22(16)18)12-28-25(30)17-7-9-20(31-3)24(33-5)23(17)32-4/h6-9,11,15H,10,12H2,1-5H3,(H,28,30)/t15-/m0/s1. The van der Waals surface area contributed by atoms with Crippen molar-refractivity contribution in [1.82, 2.24) is 15.3 Å². The summed E-state index contributed by atoms with van der Waals surface area (Å²) < 4.78 is 36.7. The van der Waals surface area contributed by atoms with E-state index in [0.29, 0.717) is 40.5 Å². The van der Waals surface area contributed by atoms with Crippen LogP contribution in [0.3, 0.4) is 0 Å². The van der Waals surface area contributed by atoms with E-state index in [2.05, 4.69) is 15.3 Å². The van der Waals surface area contributed by atoms with Crippen LogP contribution in [0.1, 0.15) is 27.3 Å². The molecule has 0 saturated carbocycles. The van der Waals surface area contributed by atoms with Gasteiger partial charge in [0.1, 0.15) is 17.7 Å². The molecule has 0 radical (unpaired) electrons. The van der Waals surface area contributed by atoms with Crippen LogP contribution in [0.5, 0.6) is 23.0 Å². The van der Waals surface area contributed by atoms with Crippen LogP contribution in [0.15, 0.2) is 30.5 Å². The van der Waals surface area contributed by atoms with Crippen LogP contribution >= 0.6 is 0 Å². The van der Waals surface area contributed by atoms with Gasteiger partial charge in [-0.05, 0) is 38.1 Å². The summed E-state index contributed by atoms with van der Waals surface area (Å²) in [5.41, 5.74) is 3.55. The number of nitrogens with one attached hydrogen (secondary N) is 1. The minimum Gasteiger partial charge on any atom is -0.493 e. The second-order valence-electron chi connectivity index (χ2n) is 7.88. The Morgan fingerprint density at radius 3 is 2.59 bits per heavy atom. The molecule has 178 valence electrons. The van der Waals surface area contributed by atoms with E-state index in [4.69, 9.17) is 18.9 Å². The van der Waals surface area contributed by atoms with Gasteiger partial charge in [-0.3, -0.25) is 9.78 Å². The molecule has 4 rings (SSSR count). The first-order valence-electron chi connectivity index (χ1n) is 10.7. The Bertz CT molecular complexity index is 1250. The molecule has 1 atom stereocenters. The smallest absolute Gasteiger partial charge is 0.255 e. The van der Waals surface area contributed by atoms with E-state index in [9.17, 15) is 9.18 Å². The SMILES string of the molecule is COc1ccc(C(=O)NC[C@@H]2Cc3c(F)ccc(-c4nc(C)cnc4C)c3O2)c(OC)c1OC. The van der Waals surface area contributed by atoms with E-state index in [1.165, 1.54) is 27.4 Å². The van der Waals surface area contributed by atoms with Gasteiger partial charge in [-0.2, -0.15) is 0 Å². The number of aromatic nitrogens is 2. The molecule has 3 aromatic rings. The van der Waals surface area contributed by atoms with Crippen molar-refractivity contribution < 1.29 is 28.1 Å². The summed E-state index contributed by atoms with van der Waals surface area (Å²) in [7, 11) is 4.42. The first-order chi connectivity index (χ1) is 16.4. The van der Waals surface area contributed by atoms with Gasteiger partial charge in [-0.15, -0.1) is 0 Å². The predicted molar refractivity (Wildman–Crippen MR) is 123 cm³/mol. The van der Waals surface area contributed by atoms with Crippen molar-refractivity contribution in [3.63, 3.8) is 0 Å². The molecule has 0 saturated heterocycles. The molecular formula is C25H26FN3O5. The number of hydrogen-bond donors (Lipinski definition) is 1. The molecule has 1 aliphatic heterocycles. The van der Waals surface area contributed by atoms with Gasteiger partial charge < -0.3 is 24.3 Å². The van der Waals surface area contributed by atoms with E-state index in [-0.39, 0.29) is 29.6 Å². The van der Waals surface area contributed by atoms with Gasteiger partial charge in [-0.25, -0.2) is 9.37 Å². The Balaban J connectivity index is 1.54. The van der Waals surface area contributed by atoms with Crippen LogP contribution in [0.2, 0.25) is 0 Å². The quantitative estimate of drug-likeness (QED) is 0.567. The van der Waals surface area contributed by atoms with Crippen molar-refractivity contribution in [2.45, 2.75) is 26.4 Å². The summed E-state index contributed by atoms with van der Waals surface area (Å²) in [6.45, 7) is 3.87. The third-order valence-corrected chi connectivity index (χ3v) is 5.69. The molecule has 1 N–H and O–H groups in total. The minimum absolute atomic E-state index is 0.169. The summed E-state index contributed by atoms with van der Waals surface area (Å²) in [5.74, 6) is 0.736. The fourth-order valence-electron chi connectivity index (χ4n) is 4.04. The average Bonchev–Trinajstić information content (AvgIpc) is 3.28. The van der Waals surface area contributed by atoms with Crippen LogP contribution in [0, 0.1) is 19.7 Å². The predicted octanol–water partition coefficient (Wildman–Crippen LogP) is 3.66. The summed E-state index contributed by atoms with van der Waals surface area (Å²) in [6.07, 6.45) is 1.56. The maximum atomic E-state index is 14.6.